The standard InChI is InChI=1S/C20H27NO5/c22-19(14-5-3-1-2-4-6-14)21-17-11-12-25-13-18(17)26-16-9-7-15(8-10-16)20(23)24/h7-10,14,17-18H,1-6,11-13H2,(H,21,22)(H,23,24)/t17-,18-/m1/s1. The summed E-state index contributed by atoms with van der Waals surface area (Å²) >= 11 is 0. The molecule has 0 aromatic heterocycles. The van der Waals surface area contributed by atoms with Crippen molar-refractivity contribution in [2.45, 2.75) is 57.1 Å². The van der Waals surface area contributed by atoms with Gasteiger partial charge in [-0.3, -0.25) is 4.79 Å². The Morgan fingerprint density at radius 3 is 2.38 bits per heavy atom. The van der Waals surface area contributed by atoms with Crippen molar-refractivity contribution in [1.29, 1.82) is 0 Å². The average molecular weight is 361 g/mol. The molecule has 1 aliphatic heterocycles. The highest BCUT2D eigenvalue weighted by atomic mass is 16.5. The lowest BCUT2D eigenvalue weighted by atomic mass is 9.97. The molecule has 3 rings (SSSR count). The molecule has 0 unspecified atom stereocenters. The van der Waals surface area contributed by atoms with E-state index in [9.17, 15) is 9.59 Å². The van der Waals surface area contributed by atoms with E-state index in [0.29, 0.717) is 19.0 Å². The van der Waals surface area contributed by atoms with Crippen LogP contribution in [0.4, 0.5) is 0 Å². The van der Waals surface area contributed by atoms with E-state index in [0.717, 1.165) is 32.1 Å². The maximum atomic E-state index is 12.7. The highest BCUT2D eigenvalue weighted by molar-refractivity contribution is 5.87. The van der Waals surface area contributed by atoms with Crippen LogP contribution >= 0.6 is 0 Å². The summed E-state index contributed by atoms with van der Waals surface area (Å²) in [6.45, 7) is 1.02. The summed E-state index contributed by atoms with van der Waals surface area (Å²) in [5.41, 5.74) is 0.218. The Hall–Kier alpha value is -2.08. The fourth-order valence-electron chi connectivity index (χ4n) is 3.69. The lowest BCUT2D eigenvalue weighted by Gasteiger charge is -2.33. The monoisotopic (exact) mass is 361 g/mol. The third kappa shape index (κ3) is 4.97. The molecular formula is C20H27NO5. The molecule has 1 saturated carbocycles. The number of ether oxygens (including phenoxy) is 2. The molecule has 6 heteroatoms. The zero-order valence-corrected chi connectivity index (χ0v) is 15.0. The summed E-state index contributed by atoms with van der Waals surface area (Å²) in [6.07, 6.45) is 7.08. The Morgan fingerprint density at radius 2 is 1.73 bits per heavy atom. The van der Waals surface area contributed by atoms with E-state index in [1.165, 1.54) is 25.0 Å². The molecule has 1 aromatic rings. The third-order valence-electron chi connectivity index (χ3n) is 5.25. The Morgan fingerprint density at radius 1 is 1.04 bits per heavy atom. The number of carbonyl (C=O) groups is 2. The van der Waals surface area contributed by atoms with Gasteiger partial charge in [0.15, 0.2) is 0 Å². The predicted octanol–water partition coefficient (Wildman–Crippen LogP) is 3.01. The van der Waals surface area contributed by atoms with Crippen molar-refractivity contribution in [1.82, 2.24) is 5.32 Å². The second-order valence-corrected chi connectivity index (χ2v) is 7.15. The molecule has 2 atom stereocenters. The zero-order chi connectivity index (χ0) is 18.4. The topological polar surface area (TPSA) is 84.9 Å². The summed E-state index contributed by atoms with van der Waals surface area (Å²) in [6, 6.07) is 6.23. The number of hydrogen-bond acceptors (Lipinski definition) is 4. The molecule has 0 spiro atoms. The summed E-state index contributed by atoms with van der Waals surface area (Å²) < 4.78 is 11.5. The third-order valence-corrected chi connectivity index (χ3v) is 5.25. The summed E-state index contributed by atoms with van der Waals surface area (Å²) in [7, 11) is 0. The second-order valence-electron chi connectivity index (χ2n) is 7.15. The van der Waals surface area contributed by atoms with E-state index in [1.54, 1.807) is 12.1 Å². The van der Waals surface area contributed by atoms with Gasteiger partial charge in [0.1, 0.15) is 11.9 Å². The van der Waals surface area contributed by atoms with Gasteiger partial charge in [0.25, 0.3) is 0 Å². The molecule has 2 aliphatic rings. The normalized spacial score (nSPS) is 24.5. The molecule has 0 bridgehead atoms. The lowest BCUT2D eigenvalue weighted by Crippen LogP contribution is -2.52. The molecule has 26 heavy (non-hydrogen) atoms. The van der Waals surface area contributed by atoms with Crippen LogP contribution in [0.3, 0.4) is 0 Å². The minimum absolute atomic E-state index is 0.0846. The van der Waals surface area contributed by atoms with E-state index in [4.69, 9.17) is 14.6 Å². The fourth-order valence-corrected chi connectivity index (χ4v) is 3.69. The van der Waals surface area contributed by atoms with Gasteiger partial charge in [0.05, 0.1) is 18.2 Å². The number of hydrogen-bond donors (Lipinski definition) is 2. The van der Waals surface area contributed by atoms with Gasteiger partial charge in [-0.05, 0) is 43.5 Å². The largest absolute Gasteiger partial charge is 0.486 e. The SMILES string of the molecule is O=C(O)c1ccc(O[C@@H]2COCC[C@H]2NC(=O)C2CCCCCC2)cc1. The van der Waals surface area contributed by atoms with Crippen LogP contribution in [0.5, 0.6) is 5.75 Å². The van der Waals surface area contributed by atoms with Crippen LogP contribution in [0.25, 0.3) is 0 Å². The van der Waals surface area contributed by atoms with Crippen molar-refractivity contribution in [3.63, 3.8) is 0 Å². The number of aromatic carboxylic acids is 1. The van der Waals surface area contributed by atoms with Crippen LogP contribution in [-0.4, -0.2) is 42.3 Å². The number of carbonyl (C=O) groups excluding carboxylic acids is 1. The summed E-state index contributed by atoms with van der Waals surface area (Å²) in [5.74, 6) is -0.144. The molecule has 142 valence electrons. The van der Waals surface area contributed by atoms with Crippen LogP contribution in [0, 0.1) is 5.92 Å². The van der Waals surface area contributed by atoms with E-state index >= 15 is 0 Å². The van der Waals surface area contributed by atoms with E-state index in [1.807, 2.05) is 0 Å². The molecule has 1 aromatic carbocycles. The van der Waals surface area contributed by atoms with Crippen LogP contribution in [0.15, 0.2) is 24.3 Å². The number of carboxylic acids is 1. The van der Waals surface area contributed by atoms with Gasteiger partial charge in [0, 0.05) is 12.5 Å². The van der Waals surface area contributed by atoms with Gasteiger partial charge in [0.2, 0.25) is 5.91 Å². The number of rotatable bonds is 5. The van der Waals surface area contributed by atoms with Crippen LogP contribution in [-0.2, 0) is 9.53 Å². The van der Waals surface area contributed by atoms with E-state index < -0.39 is 5.97 Å². The molecule has 1 amide bonds. The maximum Gasteiger partial charge on any atom is 0.335 e. The van der Waals surface area contributed by atoms with Crippen molar-refractivity contribution in [3.8, 4) is 5.75 Å². The van der Waals surface area contributed by atoms with Gasteiger partial charge in [-0.2, -0.15) is 0 Å². The Kier molecular flexibility index (Phi) is 6.50. The maximum absolute atomic E-state index is 12.7. The number of carboxylic acid groups (broad SMARTS) is 1. The second kappa shape index (κ2) is 9.03. The quantitative estimate of drug-likeness (QED) is 0.788. The van der Waals surface area contributed by atoms with Crippen LogP contribution in [0.2, 0.25) is 0 Å². The first-order valence-corrected chi connectivity index (χ1v) is 9.51. The fraction of sp³-hybridized carbons (Fsp3) is 0.600. The smallest absolute Gasteiger partial charge is 0.335 e. The zero-order valence-electron chi connectivity index (χ0n) is 15.0. The molecule has 1 saturated heterocycles. The lowest BCUT2D eigenvalue weighted by molar-refractivity contribution is -0.128. The first kappa shape index (κ1) is 18.7. The van der Waals surface area contributed by atoms with Gasteiger partial charge >= 0.3 is 5.97 Å². The van der Waals surface area contributed by atoms with Gasteiger partial charge in [-0.25, -0.2) is 4.79 Å². The average Bonchev–Trinajstić information content (AvgIpc) is 2.93. The number of benzene rings is 1. The molecular weight excluding hydrogens is 334 g/mol. The van der Waals surface area contributed by atoms with Gasteiger partial charge in [-0.15, -0.1) is 0 Å². The Balaban J connectivity index is 1.60. The van der Waals surface area contributed by atoms with E-state index in [-0.39, 0.29) is 29.5 Å². The van der Waals surface area contributed by atoms with Crippen LogP contribution < -0.4 is 10.1 Å². The van der Waals surface area contributed by atoms with E-state index in [2.05, 4.69) is 5.32 Å². The number of amides is 1. The highest BCUT2D eigenvalue weighted by Gasteiger charge is 2.31. The molecule has 6 nitrogen and oxygen atoms in total. The van der Waals surface area contributed by atoms with Crippen molar-refractivity contribution >= 4 is 11.9 Å². The van der Waals surface area contributed by atoms with Gasteiger partial charge in [-0.1, -0.05) is 25.7 Å². The van der Waals surface area contributed by atoms with Crippen molar-refractivity contribution in [2.24, 2.45) is 5.92 Å². The first-order chi connectivity index (χ1) is 12.6. The highest BCUT2D eigenvalue weighted by Crippen LogP contribution is 2.24. The van der Waals surface area contributed by atoms with Gasteiger partial charge < -0.3 is 19.9 Å². The summed E-state index contributed by atoms with van der Waals surface area (Å²) in [4.78, 5) is 23.6. The van der Waals surface area contributed by atoms with Crippen molar-refractivity contribution < 1.29 is 24.2 Å². The Labute approximate surface area is 153 Å². The number of nitrogens with one attached hydrogen (secondary N) is 1. The Bertz CT molecular complexity index is 607. The first-order valence-electron chi connectivity index (χ1n) is 9.51. The predicted molar refractivity (Wildman–Crippen MR) is 96.4 cm³/mol. The minimum atomic E-state index is -0.967. The van der Waals surface area contributed by atoms with Crippen molar-refractivity contribution in [2.75, 3.05) is 13.2 Å². The summed E-state index contributed by atoms with van der Waals surface area (Å²) in [5, 5.41) is 12.2. The minimum Gasteiger partial charge on any atom is -0.486 e. The molecule has 1 heterocycles. The molecule has 2 fully saturated rings. The van der Waals surface area contributed by atoms with Crippen LogP contribution in [0.1, 0.15) is 55.3 Å². The van der Waals surface area contributed by atoms with Crippen molar-refractivity contribution in [3.05, 3.63) is 29.8 Å². The molecule has 2 N–H and O–H groups in total. The molecule has 0 radical (unpaired) electrons. The molecule has 1 aliphatic carbocycles.